The van der Waals surface area contributed by atoms with Gasteiger partial charge >= 0.3 is 0 Å². The van der Waals surface area contributed by atoms with Gasteiger partial charge in [-0.05, 0) is 44.8 Å². The van der Waals surface area contributed by atoms with Crippen LogP contribution in [0.2, 0.25) is 0 Å². The molecule has 0 fully saturated rings. The van der Waals surface area contributed by atoms with Crippen LogP contribution in [0.3, 0.4) is 0 Å². The van der Waals surface area contributed by atoms with Crippen LogP contribution in [-0.2, 0) is 0 Å². The molecule has 0 heterocycles. The second kappa shape index (κ2) is 7.70. The van der Waals surface area contributed by atoms with Crippen molar-refractivity contribution in [3.05, 3.63) is 0 Å². The zero-order valence-electron chi connectivity index (χ0n) is 10.3. The van der Waals surface area contributed by atoms with E-state index in [1.165, 1.54) is 38.8 Å². The number of hydrogen-bond acceptors (Lipinski definition) is 1. The molecule has 0 saturated heterocycles. The molecule has 0 aliphatic heterocycles. The fourth-order valence-corrected chi connectivity index (χ4v) is 1.69. The number of alkyl halides is 1. The van der Waals surface area contributed by atoms with Gasteiger partial charge in [0.15, 0.2) is 0 Å². The van der Waals surface area contributed by atoms with Crippen LogP contribution in [0.5, 0.6) is 0 Å². The molecule has 0 aromatic rings. The summed E-state index contributed by atoms with van der Waals surface area (Å²) in [5.74, 6) is 0. The van der Waals surface area contributed by atoms with E-state index in [2.05, 4.69) is 48.6 Å². The van der Waals surface area contributed by atoms with Gasteiger partial charge in [-0.2, -0.15) is 0 Å². The number of hydrogen-bond donors (Lipinski definition) is 0. The van der Waals surface area contributed by atoms with Crippen molar-refractivity contribution in [3.63, 3.8) is 0 Å². The minimum atomic E-state index is 0.476. The Morgan fingerprint density at radius 1 is 1.00 bits per heavy atom. The van der Waals surface area contributed by atoms with Crippen molar-refractivity contribution < 1.29 is 0 Å². The normalized spacial score (nSPS) is 12.4. The van der Waals surface area contributed by atoms with Gasteiger partial charge in [-0.25, -0.2) is 0 Å². The lowest BCUT2D eigenvalue weighted by atomic mass is 9.92. The summed E-state index contributed by atoms with van der Waals surface area (Å²) in [5, 5.41) is 1.15. The van der Waals surface area contributed by atoms with E-state index in [4.69, 9.17) is 0 Å². The molecule has 0 spiro atoms. The average molecular weight is 264 g/mol. The first kappa shape index (κ1) is 14.4. The predicted octanol–water partition coefficient (Wildman–Crippen LogP) is 3.92. The molecule has 0 atom stereocenters. The first-order valence-electron chi connectivity index (χ1n) is 5.70. The van der Waals surface area contributed by atoms with Gasteiger partial charge in [-0.3, -0.25) is 0 Å². The van der Waals surface area contributed by atoms with Crippen molar-refractivity contribution in [2.24, 2.45) is 5.41 Å². The zero-order valence-corrected chi connectivity index (χ0v) is 11.9. The summed E-state index contributed by atoms with van der Waals surface area (Å²) in [6.45, 7) is 9.42. The third-order valence-corrected chi connectivity index (χ3v) is 2.98. The molecule has 0 aromatic heterocycles. The fourth-order valence-electron chi connectivity index (χ4n) is 1.29. The van der Waals surface area contributed by atoms with Crippen molar-refractivity contribution in [1.82, 2.24) is 4.90 Å². The topological polar surface area (TPSA) is 3.24 Å². The summed E-state index contributed by atoms with van der Waals surface area (Å²) in [6.07, 6.45) is 5.30. The van der Waals surface area contributed by atoms with E-state index in [1.807, 2.05) is 0 Å². The lowest BCUT2D eigenvalue weighted by Crippen LogP contribution is -2.24. The molecule has 0 radical (unpaired) electrons. The van der Waals surface area contributed by atoms with Gasteiger partial charge in [0.25, 0.3) is 0 Å². The monoisotopic (exact) mass is 263 g/mol. The molecule has 0 unspecified atom stereocenters. The maximum absolute atomic E-state index is 3.46. The Bertz CT molecular complexity index is 129. The highest BCUT2D eigenvalue weighted by atomic mass is 79.9. The maximum Gasteiger partial charge on any atom is 0.00313 e. The minimum Gasteiger partial charge on any atom is -0.306 e. The van der Waals surface area contributed by atoms with E-state index in [1.54, 1.807) is 0 Å². The van der Waals surface area contributed by atoms with E-state index in [-0.39, 0.29) is 0 Å². The highest BCUT2D eigenvalue weighted by Crippen LogP contribution is 2.18. The SMILES string of the molecule is CN(CCCCCBr)CCC(C)(C)C. The molecular formula is C12H26BrN. The van der Waals surface area contributed by atoms with Gasteiger partial charge in [-0.15, -0.1) is 0 Å². The number of unbranched alkanes of at least 4 members (excludes halogenated alkanes) is 2. The highest BCUT2D eigenvalue weighted by molar-refractivity contribution is 9.09. The first-order chi connectivity index (χ1) is 6.45. The molecule has 0 N–H and O–H groups in total. The van der Waals surface area contributed by atoms with Crippen LogP contribution in [0.15, 0.2) is 0 Å². The molecule has 86 valence electrons. The highest BCUT2D eigenvalue weighted by Gasteiger charge is 2.10. The molecule has 1 nitrogen and oxygen atoms in total. The lowest BCUT2D eigenvalue weighted by molar-refractivity contribution is 0.260. The minimum absolute atomic E-state index is 0.476. The molecule has 14 heavy (non-hydrogen) atoms. The third-order valence-electron chi connectivity index (χ3n) is 2.42. The summed E-state index contributed by atoms with van der Waals surface area (Å²) in [6, 6.07) is 0. The van der Waals surface area contributed by atoms with Gasteiger partial charge in [0.1, 0.15) is 0 Å². The van der Waals surface area contributed by atoms with Gasteiger partial charge in [0.05, 0.1) is 0 Å². The van der Waals surface area contributed by atoms with E-state index in [0.29, 0.717) is 5.41 Å². The second-order valence-electron chi connectivity index (χ2n) is 5.36. The van der Waals surface area contributed by atoms with E-state index >= 15 is 0 Å². The molecule has 0 rings (SSSR count). The van der Waals surface area contributed by atoms with Crippen LogP contribution >= 0.6 is 15.9 Å². The summed E-state index contributed by atoms with van der Waals surface area (Å²) in [5.41, 5.74) is 0.476. The van der Waals surface area contributed by atoms with Crippen molar-refractivity contribution in [3.8, 4) is 0 Å². The Kier molecular flexibility index (Phi) is 7.94. The summed E-state index contributed by atoms with van der Waals surface area (Å²) >= 11 is 3.46. The van der Waals surface area contributed by atoms with Gasteiger partial charge in [0, 0.05) is 5.33 Å². The van der Waals surface area contributed by atoms with Crippen LogP contribution in [0.1, 0.15) is 46.5 Å². The second-order valence-corrected chi connectivity index (χ2v) is 6.16. The molecule has 0 saturated carbocycles. The summed E-state index contributed by atoms with van der Waals surface area (Å²) in [7, 11) is 2.24. The van der Waals surface area contributed by atoms with E-state index < -0.39 is 0 Å². The van der Waals surface area contributed by atoms with Gasteiger partial charge in [0.2, 0.25) is 0 Å². The molecule has 2 heteroatoms. The Morgan fingerprint density at radius 2 is 1.64 bits per heavy atom. The van der Waals surface area contributed by atoms with Crippen molar-refractivity contribution in [2.75, 3.05) is 25.5 Å². The van der Waals surface area contributed by atoms with Gasteiger partial charge < -0.3 is 4.90 Å². The van der Waals surface area contributed by atoms with E-state index in [9.17, 15) is 0 Å². The summed E-state index contributed by atoms with van der Waals surface area (Å²) < 4.78 is 0. The Labute approximate surface area is 98.4 Å². The van der Waals surface area contributed by atoms with Crippen molar-refractivity contribution in [1.29, 1.82) is 0 Å². The van der Waals surface area contributed by atoms with E-state index in [0.717, 1.165) is 5.33 Å². The number of halogens is 1. The average Bonchev–Trinajstić information content (AvgIpc) is 2.08. The van der Waals surface area contributed by atoms with Crippen molar-refractivity contribution in [2.45, 2.75) is 46.5 Å². The first-order valence-corrected chi connectivity index (χ1v) is 6.82. The summed E-state index contributed by atoms with van der Waals surface area (Å²) in [4.78, 5) is 2.46. The zero-order chi connectivity index (χ0) is 11.0. The number of rotatable bonds is 7. The predicted molar refractivity (Wildman–Crippen MR) is 69.2 cm³/mol. The Morgan fingerprint density at radius 3 is 2.14 bits per heavy atom. The van der Waals surface area contributed by atoms with Crippen LogP contribution in [0.4, 0.5) is 0 Å². The van der Waals surface area contributed by atoms with Crippen LogP contribution in [-0.4, -0.2) is 30.4 Å². The molecular weight excluding hydrogens is 238 g/mol. The third kappa shape index (κ3) is 10.5. The molecule has 0 bridgehead atoms. The van der Waals surface area contributed by atoms with Crippen LogP contribution in [0, 0.1) is 5.41 Å². The van der Waals surface area contributed by atoms with Gasteiger partial charge in [-0.1, -0.05) is 43.1 Å². The quantitative estimate of drug-likeness (QED) is 0.497. The number of nitrogens with zero attached hydrogens (tertiary/aromatic N) is 1. The Hall–Kier alpha value is 0.440. The maximum atomic E-state index is 3.46. The molecule has 0 aliphatic rings. The molecule has 0 amide bonds. The molecule has 0 aliphatic carbocycles. The fraction of sp³-hybridized carbons (Fsp3) is 1.00. The lowest BCUT2D eigenvalue weighted by Gasteiger charge is -2.23. The van der Waals surface area contributed by atoms with Crippen LogP contribution in [0.25, 0.3) is 0 Å². The molecule has 0 aromatic carbocycles. The Balaban J connectivity index is 3.32. The van der Waals surface area contributed by atoms with Crippen LogP contribution < -0.4 is 0 Å². The standard InChI is InChI=1S/C12H26BrN/c1-12(2,3)8-11-14(4)10-7-5-6-9-13/h5-11H2,1-4H3. The smallest absolute Gasteiger partial charge is 0.00313 e. The largest absolute Gasteiger partial charge is 0.306 e. The van der Waals surface area contributed by atoms with Crippen molar-refractivity contribution >= 4 is 15.9 Å².